The van der Waals surface area contributed by atoms with Crippen molar-refractivity contribution in [3.63, 3.8) is 0 Å². The molecule has 1 N–H and O–H groups in total. The van der Waals surface area contributed by atoms with Crippen molar-refractivity contribution in [2.24, 2.45) is 5.18 Å². The number of aryl methyl sites for hydroxylation is 1. The van der Waals surface area contributed by atoms with Gasteiger partial charge in [-0.1, -0.05) is 11.2 Å². The SMILES string of the molecule is O=NC1CCCn2c1cc1ccc(C(=O)Nc3cccnc3)cc12. The average Bonchev–Trinajstić information content (AvgIpc) is 3.00. The molecule has 0 radical (unpaired) electrons. The highest BCUT2D eigenvalue weighted by Gasteiger charge is 2.23. The molecule has 2 aromatic heterocycles. The number of aromatic nitrogens is 2. The van der Waals surface area contributed by atoms with Crippen molar-refractivity contribution in [3.8, 4) is 0 Å². The summed E-state index contributed by atoms with van der Waals surface area (Å²) in [6.45, 7) is 0.846. The Morgan fingerprint density at radius 1 is 1.29 bits per heavy atom. The third-order valence-corrected chi connectivity index (χ3v) is 4.45. The van der Waals surface area contributed by atoms with Crippen LogP contribution in [0.4, 0.5) is 5.69 Å². The first kappa shape index (κ1) is 14.6. The van der Waals surface area contributed by atoms with Crippen LogP contribution in [0.25, 0.3) is 10.9 Å². The van der Waals surface area contributed by atoms with Gasteiger partial charge in [-0.15, -0.1) is 0 Å². The van der Waals surface area contributed by atoms with Crippen LogP contribution in [0, 0.1) is 4.91 Å². The Labute approximate surface area is 138 Å². The topological polar surface area (TPSA) is 76.3 Å². The summed E-state index contributed by atoms with van der Waals surface area (Å²) in [6.07, 6.45) is 4.97. The molecule has 0 bridgehead atoms. The van der Waals surface area contributed by atoms with Gasteiger partial charge in [-0.3, -0.25) is 9.78 Å². The van der Waals surface area contributed by atoms with Gasteiger partial charge in [0.05, 0.1) is 11.9 Å². The number of nitroso groups, excluding NO2 is 1. The first-order valence-corrected chi connectivity index (χ1v) is 7.93. The molecule has 0 aliphatic carbocycles. The van der Waals surface area contributed by atoms with Crippen molar-refractivity contribution in [3.05, 3.63) is 65.0 Å². The fraction of sp³-hybridized carbons (Fsp3) is 0.222. The van der Waals surface area contributed by atoms with Crippen LogP contribution in [0.3, 0.4) is 0 Å². The average molecular weight is 320 g/mol. The molecule has 1 aromatic carbocycles. The summed E-state index contributed by atoms with van der Waals surface area (Å²) in [5, 5.41) is 7.10. The Kier molecular flexibility index (Phi) is 3.57. The summed E-state index contributed by atoms with van der Waals surface area (Å²) >= 11 is 0. The van der Waals surface area contributed by atoms with E-state index in [1.807, 2.05) is 18.2 Å². The van der Waals surface area contributed by atoms with Gasteiger partial charge in [0, 0.05) is 29.5 Å². The number of anilines is 1. The number of benzene rings is 1. The summed E-state index contributed by atoms with van der Waals surface area (Å²) in [6, 6.07) is 10.9. The van der Waals surface area contributed by atoms with Gasteiger partial charge in [-0.2, -0.15) is 4.91 Å². The van der Waals surface area contributed by atoms with Crippen molar-refractivity contribution in [1.82, 2.24) is 9.55 Å². The molecular formula is C18H16N4O2. The fourth-order valence-electron chi connectivity index (χ4n) is 3.28. The standard InChI is InChI=1S/C18H16N4O2/c23-18(20-14-3-1-7-19-11-14)13-6-5-12-9-17-15(21-24)4-2-8-22(17)16(12)10-13/h1,3,5-7,9-11,15H,2,4,8H2,(H,20,23). The molecule has 3 aromatic rings. The quantitative estimate of drug-likeness (QED) is 0.744. The van der Waals surface area contributed by atoms with E-state index in [1.54, 1.807) is 30.6 Å². The van der Waals surface area contributed by atoms with Crippen molar-refractivity contribution in [1.29, 1.82) is 0 Å². The van der Waals surface area contributed by atoms with Gasteiger partial charge in [-0.05, 0) is 48.6 Å². The molecule has 1 amide bonds. The van der Waals surface area contributed by atoms with Gasteiger partial charge < -0.3 is 9.88 Å². The molecule has 1 atom stereocenters. The van der Waals surface area contributed by atoms with Crippen LogP contribution < -0.4 is 5.32 Å². The number of carbonyl (C=O) groups excluding carboxylic acids is 1. The van der Waals surface area contributed by atoms with E-state index < -0.39 is 0 Å². The van der Waals surface area contributed by atoms with Crippen LogP contribution in [0.15, 0.2) is 54.0 Å². The van der Waals surface area contributed by atoms with E-state index in [2.05, 4.69) is 20.0 Å². The number of pyridine rings is 1. The van der Waals surface area contributed by atoms with E-state index in [4.69, 9.17) is 0 Å². The van der Waals surface area contributed by atoms with E-state index in [0.29, 0.717) is 11.3 Å². The minimum Gasteiger partial charge on any atom is -0.342 e. The van der Waals surface area contributed by atoms with E-state index in [1.165, 1.54) is 0 Å². The number of hydrogen-bond acceptors (Lipinski definition) is 4. The third-order valence-electron chi connectivity index (χ3n) is 4.45. The second kappa shape index (κ2) is 5.88. The normalized spacial score (nSPS) is 16.6. The monoisotopic (exact) mass is 320 g/mol. The minimum absolute atomic E-state index is 0.179. The number of fused-ring (bicyclic) bond motifs is 3. The predicted molar refractivity (Wildman–Crippen MR) is 91.9 cm³/mol. The smallest absolute Gasteiger partial charge is 0.255 e. The van der Waals surface area contributed by atoms with E-state index in [-0.39, 0.29) is 11.9 Å². The van der Waals surface area contributed by atoms with Crippen LogP contribution >= 0.6 is 0 Å². The van der Waals surface area contributed by atoms with Crippen LogP contribution in [0.5, 0.6) is 0 Å². The zero-order chi connectivity index (χ0) is 16.5. The first-order valence-electron chi connectivity index (χ1n) is 7.93. The zero-order valence-electron chi connectivity index (χ0n) is 13.0. The third kappa shape index (κ3) is 2.46. The Balaban J connectivity index is 1.70. The number of amides is 1. The molecular weight excluding hydrogens is 304 g/mol. The van der Waals surface area contributed by atoms with Crippen molar-refractivity contribution >= 4 is 22.5 Å². The number of hydrogen-bond donors (Lipinski definition) is 1. The van der Waals surface area contributed by atoms with Crippen molar-refractivity contribution in [2.75, 3.05) is 5.32 Å². The minimum atomic E-state index is -0.293. The summed E-state index contributed by atoms with van der Waals surface area (Å²) in [4.78, 5) is 27.5. The summed E-state index contributed by atoms with van der Waals surface area (Å²) in [7, 11) is 0. The zero-order valence-corrected chi connectivity index (χ0v) is 13.0. The molecule has 120 valence electrons. The number of nitrogens with one attached hydrogen (secondary N) is 1. The number of nitrogens with zero attached hydrogens (tertiary/aromatic N) is 3. The molecule has 0 saturated heterocycles. The Morgan fingerprint density at radius 3 is 3.00 bits per heavy atom. The van der Waals surface area contributed by atoms with E-state index in [9.17, 15) is 9.70 Å². The maximum Gasteiger partial charge on any atom is 0.255 e. The molecule has 0 spiro atoms. The highest BCUT2D eigenvalue weighted by Crippen LogP contribution is 2.34. The van der Waals surface area contributed by atoms with Gasteiger partial charge in [-0.25, -0.2) is 0 Å². The first-order chi connectivity index (χ1) is 11.8. The fourth-order valence-corrected chi connectivity index (χ4v) is 3.28. The molecule has 4 rings (SSSR count). The highest BCUT2D eigenvalue weighted by molar-refractivity contribution is 6.06. The second-order valence-corrected chi connectivity index (χ2v) is 5.95. The number of carbonyl (C=O) groups is 1. The van der Waals surface area contributed by atoms with Crippen molar-refractivity contribution < 1.29 is 4.79 Å². The van der Waals surface area contributed by atoms with Crippen LogP contribution in [-0.4, -0.2) is 15.5 Å². The molecule has 6 heteroatoms. The van der Waals surface area contributed by atoms with Gasteiger partial charge >= 0.3 is 0 Å². The lowest BCUT2D eigenvalue weighted by molar-refractivity contribution is 0.102. The maximum absolute atomic E-state index is 12.5. The maximum atomic E-state index is 12.5. The lowest BCUT2D eigenvalue weighted by atomic mass is 10.1. The molecule has 24 heavy (non-hydrogen) atoms. The molecule has 3 heterocycles. The Morgan fingerprint density at radius 2 is 2.21 bits per heavy atom. The van der Waals surface area contributed by atoms with Gasteiger partial charge in [0.2, 0.25) is 0 Å². The number of rotatable bonds is 3. The van der Waals surface area contributed by atoms with Crippen LogP contribution in [-0.2, 0) is 6.54 Å². The molecule has 0 fully saturated rings. The Bertz CT molecular complexity index is 917. The van der Waals surface area contributed by atoms with Gasteiger partial charge in [0.25, 0.3) is 5.91 Å². The predicted octanol–water partition coefficient (Wildman–Crippen LogP) is 3.89. The van der Waals surface area contributed by atoms with Crippen molar-refractivity contribution in [2.45, 2.75) is 25.4 Å². The van der Waals surface area contributed by atoms with Gasteiger partial charge in [0.15, 0.2) is 0 Å². The highest BCUT2D eigenvalue weighted by atomic mass is 16.3. The Hall–Kier alpha value is -3.02. The summed E-state index contributed by atoms with van der Waals surface area (Å²) in [5.41, 5.74) is 3.15. The van der Waals surface area contributed by atoms with Gasteiger partial charge in [0.1, 0.15) is 6.04 Å². The molecule has 1 aliphatic heterocycles. The molecule has 1 unspecified atom stereocenters. The van der Waals surface area contributed by atoms with E-state index in [0.717, 1.165) is 36.0 Å². The molecule has 6 nitrogen and oxygen atoms in total. The molecule has 1 aliphatic rings. The lowest BCUT2D eigenvalue weighted by Gasteiger charge is -2.20. The summed E-state index contributed by atoms with van der Waals surface area (Å²) in [5.74, 6) is -0.179. The lowest BCUT2D eigenvalue weighted by Crippen LogP contribution is -2.14. The van der Waals surface area contributed by atoms with Crippen LogP contribution in [0.2, 0.25) is 0 Å². The van der Waals surface area contributed by atoms with Crippen LogP contribution in [0.1, 0.15) is 34.9 Å². The van der Waals surface area contributed by atoms with E-state index >= 15 is 0 Å². The summed E-state index contributed by atoms with van der Waals surface area (Å²) < 4.78 is 2.10. The largest absolute Gasteiger partial charge is 0.342 e. The second-order valence-electron chi connectivity index (χ2n) is 5.95. The molecule has 0 saturated carbocycles.